The molecule has 0 N–H and O–H groups in total. The smallest absolute Gasteiger partial charge is 0.226 e. The van der Waals surface area contributed by atoms with Gasteiger partial charge in [-0.3, -0.25) is 9.78 Å². The van der Waals surface area contributed by atoms with E-state index in [0.717, 1.165) is 38.1 Å². The number of rotatable bonds is 3. The molecule has 3 unspecified atom stereocenters. The van der Waals surface area contributed by atoms with Crippen molar-refractivity contribution in [2.24, 2.45) is 23.2 Å². The molecule has 1 aromatic rings. The highest BCUT2D eigenvalue weighted by atomic mass is 16.5. The predicted octanol–water partition coefficient (Wildman–Crippen LogP) is 3.05. The number of amides is 1. The van der Waals surface area contributed by atoms with E-state index in [2.05, 4.69) is 22.0 Å². The molecule has 1 aromatic heterocycles. The van der Waals surface area contributed by atoms with Crippen molar-refractivity contribution in [3.63, 3.8) is 0 Å². The van der Waals surface area contributed by atoms with Crippen molar-refractivity contribution in [1.82, 2.24) is 9.88 Å². The van der Waals surface area contributed by atoms with Gasteiger partial charge >= 0.3 is 0 Å². The summed E-state index contributed by atoms with van der Waals surface area (Å²) >= 11 is 0. The lowest BCUT2D eigenvalue weighted by atomic mass is 9.87. The summed E-state index contributed by atoms with van der Waals surface area (Å²) in [5, 5.41) is 0. The van der Waals surface area contributed by atoms with Crippen molar-refractivity contribution in [3.05, 3.63) is 36.7 Å². The minimum atomic E-state index is 0.202. The number of ether oxygens (including phenoxy) is 1. The largest absolute Gasteiger partial charge is 0.489 e. The maximum absolute atomic E-state index is 13.0. The van der Waals surface area contributed by atoms with Crippen LogP contribution in [0.2, 0.25) is 0 Å². The van der Waals surface area contributed by atoms with E-state index < -0.39 is 0 Å². The molecule has 3 aliphatic carbocycles. The maximum atomic E-state index is 13.0. The van der Waals surface area contributed by atoms with E-state index >= 15 is 0 Å². The molecule has 0 radical (unpaired) electrons. The van der Waals surface area contributed by atoms with Crippen LogP contribution in [-0.2, 0) is 4.79 Å². The van der Waals surface area contributed by atoms with Gasteiger partial charge in [-0.1, -0.05) is 12.2 Å². The molecule has 1 saturated heterocycles. The van der Waals surface area contributed by atoms with Crippen molar-refractivity contribution in [2.75, 3.05) is 13.1 Å². The number of allylic oxidation sites excluding steroid dienone is 2. The fourth-order valence-electron chi connectivity index (χ4n) is 5.29. The Labute approximate surface area is 142 Å². The van der Waals surface area contributed by atoms with Gasteiger partial charge in [0.15, 0.2) is 0 Å². The van der Waals surface area contributed by atoms with Gasteiger partial charge in [-0.05, 0) is 48.6 Å². The Bertz CT molecular complexity index is 659. The summed E-state index contributed by atoms with van der Waals surface area (Å²) in [7, 11) is 0. The van der Waals surface area contributed by atoms with Crippen LogP contribution in [0.3, 0.4) is 0 Å². The van der Waals surface area contributed by atoms with E-state index in [0.29, 0.717) is 23.2 Å². The van der Waals surface area contributed by atoms with E-state index in [4.69, 9.17) is 4.74 Å². The minimum Gasteiger partial charge on any atom is -0.489 e. The number of aromatic nitrogens is 1. The molecule has 3 fully saturated rings. The molecule has 4 heteroatoms. The molecule has 3 atom stereocenters. The Hall–Kier alpha value is -1.84. The average molecular weight is 324 g/mol. The number of nitrogens with zero attached hydrogens (tertiary/aromatic N) is 2. The lowest BCUT2D eigenvalue weighted by molar-refractivity contribution is -0.138. The Morgan fingerprint density at radius 2 is 2.08 bits per heavy atom. The fraction of sp³-hybridized carbons (Fsp3) is 0.600. The number of carbonyl (C=O) groups is 1. The first-order valence-corrected chi connectivity index (χ1v) is 9.30. The van der Waals surface area contributed by atoms with E-state index in [1.54, 1.807) is 12.4 Å². The number of piperidine rings is 1. The van der Waals surface area contributed by atoms with Crippen LogP contribution in [0.15, 0.2) is 36.7 Å². The van der Waals surface area contributed by atoms with E-state index in [9.17, 15) is 4.79 Å². The number of hydrogen-bond donors (Lipinski definition) is 0. The molecule has 126 valence electrons. The van der Waals surface area contributed by atoms with Crippen LogP contribution in [0, 0.1) is 23.2 Å². The molecule has 24 heavy (non-hydrogen) atoms. The number of hydrogen-bond acceptors (Lipinski definition) is 3. The Balaban J connectivity index is 1.19. The topological polar surface area (TPSA) is 42.4 Å². The lowest BCUT2D eigenvalue weighted by Gasteiger charge is -2.35. The summed E-state index contributed by atoms with van der Waals surface area (Å²) in [6.07, 6.45) is 14.0. The second-order valence-corrected chi connectivity index (χ2v) is 7.92. The third kappa shape index (κ3) is 2.19. The molecule has 0 aromatic carbocycles. The molecule has 1 amide bonds. The molecule has 2 saturated carbocycles. The normalized spacial score (nSPS) is 33.2. The molecule has 1 spiro atoms. The molecule has 5 rings (SSSR count). The van der Waals surface area contributed by atoms with Gasteiger partial charge in [0.25, 0.3) is 0 Å². The van der Waals surface area contributed by atoms with E-state index in [-0.39, 0.29) is 12.0 Å². The first-order valence-electron chi connectivity index (χ1n) is 9.30. The fourth-order valence-corrected chi connectivity index (χ4v) is 5.29. The number of likely N-dealkylation sites (tertiary alicyclic amines) is 1. The zero-order valence-corrected chi connectivity index (χ0v) is 13.9. The van der Waals surface area contributed by atoms with Crippen molar-refractivity contribution in [3.8, 4) is 5.75 Å². The van der Waals surface area contributed by atoms with Gasteiger partial charge in [0.1, 0.15) is 11.9 Å². The second-order valence-electron chi connectivity index (χ2n) is 7.92. The summed E-state index contributed by atoms with van der Waals surface area (Å²) < 4.78 is 5.99. The molecular formula is C20H24N2O2. The first-order chi connectivity index (χ1) is 11.8. The van der Waals surface area contributed by atoms with Crippen molar-refractivity contribution >= 4 is 5.91 Å². The summed E-state index contributed by atoms with van der Waals surface area (Å²) in [6.45, 7) is 1.66. The quantitative estimate of drug-likeness (QED) is 0.803. The van der Waals surface area contributed by atoms with Gasteiger partial charge in [0, 0.05) is 38.0 Å². The molecule has 4 nitrogen and oxygen atoms in total. The first kappa shape index (κ1) is 14.5. The average Bonchev–Trinajstić information content (AvgIpc) is 3.29. The summed E-state index contributed by atoms with van der Waals surface area (Å²) in [5.74, 6) is 2.69. The highest BCUT2D eigenvalue weighted by molar-refractivity contribution is 5.80. The monoisotopic (exact) mass is 324 g/mol. The lowest BCUT2D eigenvalue weighted by Crippen LogP contribution is -2.45. The number of carbonyl (C=O) groups excluding carboxylic acids is 1. The van der Waals surface area contributed by atoms with Crippen LogP contribution >= 0.6 is 0 Å². The van der Waals surface area contributed by atoms with Crippen LogP contribution < -0.4 is 4.74 Å². The van der Waals surface area contributed by atoms with Crippen molar-refractivity contribution < 1.29 is 9.53 Å². The Kier molecular flexibility index (Phi) is 3.22. The second kappa shape index (κ2) is 5.33. The van der Waals surface area contributed by atoms with Gasteiger partial charge < -0.3 is 9.64 Å². The molecule has 1 aliphatic heterocycles. The van der Waals surface area contributed by atoms with E-state index in [1.165, 1.54) is 12.8 Å². The van der Waals surface area contributed by atoms with Gasteiger partial charge in [0.05, 0.1) is 6.20 Å². The van der Waals surface area contributed by atoms with Crippen LogP contribution in [0.25, 0.3) is 0 Å². The SMILES string of the molecule is O=C(C1CC2C=CC1C21CC1)N1CCC(Oc2cccnc2)CC1. The van der Waals surface area contributed by atoms with Crippen LogP contribution in [0.4, 0.5) is 0 Å². The zero-order chi connectivity index (χ0) is 16.1. The highest BCUT2D eigenvalue weighted by Crippen LogP contribution is 2.70. The third-order valence-corrected chi connectivity index (χ3v) is 6.73. The molecule has 2 bridgehead atoms. The zero-order valence-electron chi connectivity index (χ0n) is 13.9. The summed E-state index contributed by atoms with van der Waals surface area (Å²) in [5.41, 5.74) is 0.502. The van der Waals surface area contributed by atoms with Gasteiger partial charge in [0.2, 0.25) is 5.91 Å². The van der Waals surface area contributed by atoms with Crippen molar-refractivity contribution in [2.45, 2.75) is 38.2 Å². The van der Waals surface area contributed by atoms with Gasteiger partial charge in [-0.15, -0.1) is 0 Å². The summed E-state index contributed by atoms with van der Waals surface area (Å²) in [4.78, 5) is 19.2. The Morgan fingerprint density at radius 1 is 1.25 bits per heavy atom. The van der Waals surface area contributed by atoms with E-state index in [1.807, 2.05) is 12.1 Å². The van der Waals surface area contributed by atoms with Crippen LogP contribution in [-0.4, -0.2) is 35.0 Å². The number of pyridine rings is 1. The molecule has 2 heterocycles. The van der Waals surface area contributed by atoms with Crippen molar-refractivity contribution in [1.29, 1.82) is 0 Å². The Morgan fingerprint density at radius 3 is 2.75 bits per heavy atom. The molecular weight excluding hydrogens is 300 g/mol. The van der Waals surface area contributed by atoms with Crippen LogP contribution in [0.1, 0.15) is 32.1 Å². The standard InChI is InChI=1S/C20H24N2O2/c23-19(17-12-14-3-4-18(17)20(14)7-8-20)22-10-5-15(6-11-22)24-16-2-1-9-21-13-16/h1-4,9,13-15,17-18H,5-8,10-12H2. The predicted molar refractivity (Wildman–Crippen MR) is 90.4 cm³/mol. The van der Waals surface area contributed by atoms with Gasteiger partial charge in [-0.2, -0.15) is 0 Å². The van der Waals surface area contributed by atoms with Crippen LogP contribution in [0.5, 0.6) is 5.75 Å². The molecule has 4 aliphatic rings. The third-order valence-electron chi connectivity index (χ3n) is 6.73. The summed E-state index contributed by atoms with van der Waals surface area (Å²) in [6, 6.07) is 3.84. The maximum Gasteiger partial charge on any atom is 0.226 e. The minimum absolute atomic E-state index is 0.202. The van der Waals surface area contributed by atoms with Gasteiger partial charge in [-0.25, -0.2) is 0 Å². The highest BCUT2D eigenvalue weighted by Gasteiger charge is 2.64.